The van der Waals surface area contributed by atoms with Gasteiger partial charge in [-0.2, -0.15) is 0 Å². The van der Waals surface area contributed by atoms with Crippen LogP contribution >= 0.6 is 0 Å². The summed E-state index contributed by atoms with van der Waals surface area (Å²) in [5.41, 5.74) is 1.23. The van der Waals surface area contributed by atoms with E-state index in [4.69, 9.17) is 9.47 Å². The summed E-state index contributed by atoms with van der Waals surface area (Å²) in [5.74, 6) is 0.508. The second-order valence-corrected chi connectivity index (χ2v) is 3.79. The minimum atomic E-state index is -0.0452. The fourth-order valence-corrected chi connectivity index (χ4v) is 2.09. The molecule has 0 spiro atoms. The van der Waals surface area contributed by atoms with Crippen molar-refractivity contribution in [3.8, 4) is 0 Å². The second-order valence-electron chi connectivity index (χ2n) is 3.79. The van der Waals surface area contributed by atoms with E-state index in [-0.39, 0.29) is 6.29 Å². The van der Waals surface area contributed by atoms with Crippen molar-refractivity contribution in [3.63, 3.8) is 0 Å². The van der Waals surface area contributed by atoms with Crippen molar-refractivity contribution >= 4 is 0 Å². The molecule has 2 rings (SSSR count). The molecule has 0 aromatic heterocycles. The van der Waals surface area contributed by atoms with E-state index < -0.39 is 0 Å². The molecular weight excluding hydrogens is 152 g/mol. The highest BCUT2D eigenvalue weighted by Gasteiger charge is 2.41. The third-order valence-electron chi connectivity index (χ3n) is 2.76. The average Bonchev–Trinajstić information content (AvgIpc) is 2.42. The highest BCUT2D eigenvalue weighted by molar-refractivity contribution is 5.12. The van der Waals surface area contributed by atoms with Crippen LogP contribution in [0, 0.1) is 5.92 Å². The summed E-state index contributed by atoms with van der Waals surface area (Å²) in [7, 11) is 0. The van der Waals surface area contributed by atoms with Gasteiger partial charge in [0, 0.05) is 5.92 Å². The molecule has 0 amide bonds. The van der Waals surface area contributed by atoms with Crippen molar-refractivity contribution in [2.75, 3.05) is 0 Å². The number of ether oxygens (including phenoxy) is 2. The van der Waals surface area contributed by atoms with Crippen molar-refractivity contribution in [2.24, 2.45) is 5.92 Å². The number of hydrogen-bond acceptors (Lipinski definition) is 2. The molecule has 2 nitrogen and oxygen atoms in total. The van der Waals surface area contributed by atoms with Gasteiger partial charge in [-0.3, -0.25) is 0 Å². The van der Waals surface area contributed by atoms with Gasteiger partial charge in [0.2, 0.25) is 0 Å². The monoisotopic (exact) mass is 168 g/mol. The molecule has 0 aromatic rings. The third kappa shape index (κ3) is 1.10. The quantitative estimate of drug-likeness (QED) is 0.558. The van der Waals surface area contributed by atoms with Gasteiger partial charge < -0.3 is 9.47 Å². The van der Waals surface area contributed by atoms with Gasteiger partial charge in [0.1, 0.15) is 0 Å². The van der Waals surface area contributed by atoms with Crippen molar-refractivity contribution in [1.82, 2.24) is 0 Å². The SMILES string of the molecule is CCC1OC2OC1C(C)C=C2C. The van der Waals surface area contributed by atoms with Crippen LogP contribution in [0.15, 0.2) is 11.6 Å². The number of hydrogen-bond donors (Lipinski definition) is 0. The van der Waals surface area contributed by atoms with Crippen molar-refractivity contribution in [1.29, 1.82) is 0 Å². The first-order chi connectivity index (χ1) is 5.72. The van der Waals surface area contributed by atoms with E-state index in [2.05, 4.69) is 26.8 Å². The highest BCUT2D eigenvalue weighted by atomic mass is 16.7. The molecule has 0 N–H and O–H groups in total. The standard InChI is InChI=1S/C10H16O2/c1-4-8-9-6(2)5-7(3)10(11-8)12-9/h5-6,8-10H,4H2,1-3H3. The van der Waals surface area contributed by atoms with Crippen LogP contribution in [0.25, 0.3) is 0 Å². The zero-order valence-electron chi connectivity index (χ0n) is 7.91. The average molecular weight is 168 g/mol. The van der Waals surface area contributed by atoms with E-state index in [1.165, 1.54) is 5.57 Å². The predicted octanol–water partition coefficient (Wildman–Crippen LogP) is 2.10. The Morgan fingerprint density at radius 3 is 2.83 bits per heavy atom. The molecule has 1 fully saturated rings. The molecule has 2 heterocycles. The lowest BCUT2D eigenvalue weighted by molar-refractivity contribution is -0.0483. The Bertz CT molecular complexity index is 208. The lowest BCUT2D eigenvalue weighted by Crippen LogP contribution is -2.29. The van der Waals surface area contributed by atoms with E-state index in [9.17, 15) is 0 Å². The molecule has 68 valence electrons. The van der Waals surface area contributed by atoms with Gasteiger partial charge in [-0.1, -0.05) is 19.9 Å². The predicted molar refractivity (Wildman–Crippen MR) is 46.7 cm³/mol. The van der Waals surface area contributed by atoms with Crippen LogP contribution in [0.3, 0.4) is 0 Å². The number of rotatable bonds is 1. The maximum atomic E-state index is 5.73. The van der Waals surface area contributed by atoms with Crippen LogP contribution in [0.5, 0.6) is 0 Å². The van der Waals surface area contributed by atoms with Gasteiger partial charge in [0.25, 0.3) is 0 Å². The fourth-order valence-electron chi connectivity index (χ4n) is 2.09. The maximum Gasteiger partial charge on any atom is 0.180 e. The van der Waals surface area contributed by atoms with Crippen LogP contribution in [0.1, 0.15) is 27.2 Å². The highest BCUT2D eigenvalue weighted by Crippen LogP contribution is 2.35. The summed E-state index contributed by atoms with van der Waals surface area (Å²) >= 11 is 0. The first-order valence-electron chi connectivity index (χ1n) is 4.71. The van der Waals surface area contributed by atoms with Crippen LogP contribution in [-0.2, 0) is 9.47 Å². The Hall–Kier alpha value is -0.340. The third-order valence-corrected chi connectivity index (χ3v) is 2.76. The van der Waals surface area contributed by atoms with Crippen molar-refractivity contribution in [3.05, 3.63) is 11.6 Å². The summed E-state index contributed by atoms with van der Waals surface area (Å²) < 4.78 is 11.5. The molecule has 12 heavy (non-hydrogen) atoms. The van der Waals surface area contributed by atoms with Crippen LogP contribution in [-0.4, -0.2) is 18.5 Å². The molecule has 0 radical (unpaired) electrons. The Labute approximate surface area is 73.5 Å². The van der Waals surface area contributed by atoms with Gasteiger partial charge >= 0.3 is 0 Å². The molecule has 0 saturated carbocycles. The largest absolute Gasteiger partial charge is 0.343 e. The topological polar surface area (TPSA) is 18.5 Å². The molecule has 2 aliphatic rings. The Morgan fingerprint density at radius 1 is 1.42 bits per heavy atom. The normalized spacial score (nSPS) is 46.1. The lowest BCUT2D eigenvalue weighted by Gasteiger charge is -2.23. The summed E-state index contributed by atoms with van der Waals surface area (Å²) in [5, 5.41) is 0. The molecule has 0 aromatic carbocycles. The van der Waals surface area contributed by atoms with Gasteiger partial charge in [0.05, 0.1) is 12.2 Å². The molecule has 4 atom stereocenters. The van der Waals surface area contributed by atoms with E-state index in [0.29, 0.717) is 18.1 Å². The van der Waals surface area contributed by atoms with Crippen molar-refractivity contribution < 1.29 is 9.47 Å². The minimum absolute atomic E-state index is 0.0452. The first kappa shape index (κ1) is 8.27. The smallest absolute Gasteiger partial charge is 0.180 e. The van der Waals surface area contributed by atoms with Gasteiger partial charge in [-0.15, -0.1) is 0 Å². The Kier molecular flexibility index (Phi) is 1.97. The van der Waals surface area contributed by atoms with E-state index in [1.807, 2.05) is 0 Å². The zero-order valence-corrected chi connectivity index (χ0v) is 7.91. The van der Waals surface area contributed by atoms with Gasteiger partial charge in [-0.05, 0) is 18.9 Å². The summed E-state index contributed by atoms with van der Waals surface area (Å²) in [4.78, 5) is 0. The number of fused-ring (bicyclic) bond motifs is 2. The molecule has 2 heteroatoms. The molecule has 2 bridgehead atoms. The maximum absolute atomic E-state index is 5.73. The summed E-state index contributed by atoms with van der Waals surface area (Å²) in [6.45, 7) is 6.42. The fraction of sp³-hybridized carbons (Fsp3) is 0.800. The lowest BCUT2D eigenvalue weighted by atomic mass is 9.95. The Balaban J connectivity index is 2.19. The first-order valence-corrected chi connectivity index (χ1v) is 4.71. The second kappa shape index (κ2) is 2.86. The molecule has 4 unspecified atom stereocenters. The van der Waals surface area contributed by atoms with Crippen molar-refractivity contribution in [2.45, 2.75) is 45.7 Å². The molecule has 2 aliphatic heterocycles. The van der Waals surface area contributed by atoms with E-state index in [0.717, 1.165) is 6.42 Å². The van der Waals surface area contributed by atoms with E-state index in [1.54, 1.807) is 0 Å². The summed E-state index contributed by atoms with van der Waals surface area (Å²) in [6, 6.07) is 0. The summed E-state index contributed by atoms with van der Waals surface area (Å²) in [6.07, 6.45) is 3.87. The van der Waals surface area contributed by atoms with E-state index >= 15 is 0 Å². The minimum Gasteiger partial charge on any atom is -0.343 e. The van der Waals surface area contributed by atoms with Gasteiger partial charge in [0.15, 0.2) is 6.29 Å². The molecule has 0 aliphatic carbocycles. The van der Waals surface area contributed by atoms with Crippen LogP contribution in [0.4, 0.5) is 0 Å². The van der Waals surface area contributed by atoms with Crippen LogP contribution in [0.2, 0.25) is 0 Å². The zero-order chi connectivity index (χ0) is 8.72. The van der Waals surface area contributed by atoms with Gasteiger partial charge in [-0.25, -0.2) is 0 Å². The molecule has 1 saturated heterocycles. The van der Waals surface area contributed by atoms with Crippen LogP contribution < -0.4 is 0 Å². The Morgan fingerprint density at radius 2 is 2.17 bits per heavy atom. The molecular formula is C10H16O2.